The molecule has 0 fully saturated rings. The maximum atomic E-state index is 12.9. The molecule has 0 aliphatic carbocycles. The van der Waals surface area contributed by atoms with Gasteiger partial charge in [0.25, 0.3) is 5.91 Å². The van der Waals surface area contributed by atoms with Crippen molar-refractivity contribution in [3.63, 3.8) is 0 Å². The highest BCUT2D eigenvalue weighted by atomic mass is 79.9. The van der Waals surface area contributed by atoms with Crippen molar-refractivity contribution in [2.45, 2.75) is 6.92 Å². The molecule has 0 saturated heterocycles. The van der Waals surface area contributed by atoms with Crippen molar-refractivity contribution < 1.29 is 9.53 Å². The predicted molar refractivity (Wildman–Crippen MR) is 115 cm³/mol. The number of hydrogen-bond donors (Lipinski definition) is 0. The molecule has 0 aliphatic rings. The molecule has 27 heavy (non-hydrogen) atoms. The summed E-state index contributed by atoms with van der Waals surface area (Å²) in [5.74, 6) is 0.588. The van der Waals surface area contributed by atoms with E-state index >= 15 is 0 Å². The van der Waals surface area contributed by atoms with Crippen LogP contribution < -0.4 is 9.64 Å². The van der Waals surface area contributed by atoms with Crippen LogP contribution in [-0.4, -0.2) is 49.6 Å². The lowest BCUT2D eigenvalue weighted by Gasteiger charge is -2.22. The first-order valence-electron chi connectivity index (χ1n) is 8.63. The fourth-order valence-electron chi connectivity index (χ4n) is 2.49. The molecule has 142 valence electrons. The molecule has 0 unspecified atom stereocenters. The molecule has 3 aromatic rings. The average Bonchev–Trinajstić information content (AvgIpc) is 3.03. The number of aryl methyl sites for hydroxylation is 1. The Morgan fingerprint density at radius 1 is 1.15 bits per heavy atom. The number of likely N-dealkylation sites (N-methyl/N-ethyl adjacent to an activating group) is 1. The summed E-state index contributed by atoms with van der Waals surface area (Å²) >= 11 is 5.00. The van der Waals surface area contributed by atoms with Gasteiger partial charge in [0.1, 0.15) is 5.75 Å². The second kappa shape index (κ2) is 8.82. The molecule has 2 aromatic carbocycles. The number of thiazole rings is 1. The number of benzene rings is 2. The Balaban J connectivity index is 1.78. The highest BCUT2D eigenvalue weighted by molar-refractivity contribution is 9.10. The van der Waals surface area contributed by atoms with Crippen molar-refractivity contribution in [2.75, 3.05) is 38.7 Å². The van der Waals surface area contributed by atoms with E-state index in [1.165, 1.54) is 11.3 Å². The zero-order valence-electron chi connectivity index (χ0n) is 15.6. The zero-order valence-corrected chi connectivity index (χ0v) is 18.0. The van der Waals surface area contributed by atoms with Gasteiger partial charge in [0.15, 0.2) is 11.7 Å². The maximum Gasteiger partial charge on any atom is 0.266 e. The number of fused-ring (bicyclic) bond motifs is 1. The van der Waals surface area contributed by atoms with E-state index < -0.39 is 0 Å². The minimum absolute atomic E-state index is 0.0177. The summed E-state index contributed by atoms with van der Waals surface area (Å²) in [7, 11) is 3.97. The van der Waals surface area contributed by atoms with Gasteiger partial charge in [-0.25, -0.2) is 4.98 Å². The van der Waals surface area contributed by atoms with Crippen molar-refractivity contribution in [1.29, 1.82) is 0 Å². The standard InChI is InChI=1S/C20H22BrN3O2S/c1-14-4-7-16(8-5-14)26-13-19(25)24(11-10-23(2)3)20-22-17-9-6-15(21)12-18(17)27-20/h4-9,12H,10-11,13H2,1-3H3. The summed E-state index contributed by atoms with van der Waals surface area (Å²) in [5.41, 5.74) is 2.04. The second-order valence-electron chi connectivity index (χ2n) is 6.56. The molecule has 0 bridgehead atoms. The Bertz CT molecular complexity index is 925. The minimum Gasteiger partial charge on any atom is -0.484 e. The van der Waals surface area contributed by atoms with E-state index in [2.05, 4.69) is 20.9 Å². The predicted octanol–water partition coefficient (Wildman–Crippen LogP) is 4.34. The molecule has 0 radical (unpaired) electrons. The lowest BCUT2D eigenvalue weighted by molar-refractivity contribution is -0.120. The van der Waals surface area contributed by atoms with Crippen LogP contribution in [0.4, 0.5) is 5.13 Å². The van der Waals surface area contributed by atoms with Crippen LogP contribution in [0.3, 0.4) is 0 Å². The van der Waals surface area contributed by atoms with Crippen LogP contribution in [0.25, 0.3) is 10.2 Å². The van der Waals surface area contributed by atoms with Crippen molar-refractivity contribution in [3.05, 3.63) is 52.5 Å². The number of aromatic nitrogens is 1. The molecule has 7 heteroatoms. The van der Waals surface area contributed by atoms with Crippen LogP contribution in [-0.2, 0) is 4.79 Å². The normalized spacial score (nSPS) is 11.1. The number of amides is 1. The SMILES string of the molecule is Cc1ccc(OCC(=O)N(CCN(C)C)c2nc3ccc(Br)cc3s2)cc1. The van der Waals surface area contributed by atoms with Crippen molar-refractivity contribution in [3.8, 4) is 5.75 Å². The Morgan fingerprint density at radius 2 is 1.89 bits per heavy atom. The van der Waals surface area contributed by atoms with Gasteiger partial charge in [0.05, 0.1) is 10.2 Å². The van der Waals surface area contributed by atoms with Gasteiger partial charge in [-0.15, -0.1) is 0 Å². The summed E-state index contributed by atoms with van der Waals surface area (Å²) in [6.07, 6.45) is 0. The van der Waals surface area contributed by atoms with E-state index in [1.54, 1.807) is 4.90 Å². The molecule has 3 rings (SSSR count). The van der Waals surface area contributed by atoms with Gasteiger partial charge in [-0.05, 0) is 51.4 Å². The third kappa shape index (κ3) is 5.28. The molecule has 0 N–H and O–H groups in total. The van der Waals surface area contributed by atoms with Gasteiger partial charge < -0.3 is 9.64 Å². The number of anilines is 1. The van der Waals surface area contributed by atoms with Crippen LogP contribution in [0.2, 0.25) is 0 Å². The average molecular weight is 448 g/mol. The quantitative estimate of drug-likeness (QED) is 0.540. The van der Waals surface area contributed by atoms with Gasteiger partial charge in [-0.1, -0.05) is 45.0 Å². The summed E-state index contributed by atoms with van der Waals surface area (Å²) in [4.78, 5) is 21.3. The molecule has 1 heterocycles. The molecule has 0 spiro atoms. The summed E-state index contributed by atoms with van der Waals surface area (Å²) in [5, 5.41) is 0.697. The smallest absolute Gasteiger partial charge is 0.266 e. The van der Waals surface area contributed by atoms with Gasteiger partial charge >= 0.3 is 0 Å². The Hall–Kier alpha value is -1.96. The maximum absolute atomic E-state index is 12.9. The van der Waals surface area contributed by atoms with Crippen molar-refractivity contribution in [2.24, 2.45) is 0 Å². The van der Waals surface area contributed by atoms with Crippen LogP contribution in [0.15, 0.2) is 46.9 Å². The van der Waals surface area contributed by atoms with Crippen LogP contribution in [0.5, 0.6) is 5.75 Å². The van der Waals surface area contributed by atoms with Gasteiger partial charge in [0, 0.05) is 17.6 Å². The minimum atomic E-state index is -0.101. The molecule has 5 nitrogen and oxygen atoms in total. The van der Waals surface area contributed by atoms with E-state index in [1.807, 2.05) is 68.4 Å². The molecular formula is C20H22BrN3O2S. The van der Waals surface area contributed by atoms with E-state index in [0.29, 0.717) is 17.4 Å². The topological polar surface area (TPSA) is 45.7 Å². The van der Waals surface area contributed by atoms with E-state index in [-0.39, 0.29) is 12.5 Å². The number of ether oxygens (including phenoxy) is 1. The number of rotatable bonds is 7. The molecule has 1 aromatic heterocycles. The summed E-state index contributed by atoms with van der Waals surface area (Å²) in [6.45, 7) is 3.31. The molecule has 1 amide bonds. The molecular weight excluding hydrogens is 426 g/mol. The number of hydrogen-bond acceptors (Lipinski definition) is 5. The fourth-order valence-corrected chi connectivity index (χ4v) is 4.05. The van der Waals surface area contributed by atoms with E-state index in [9.17, 15) is 4.79 Å². The first kappa shape index (κ1) is 19.8. The Kier molecular flexibility index (Phi) is 6.46. The lowest BCUT2D eigenvalue weighted by atomic mass is 10.2. The first-order valence-corrected chi connectivity index (χ1v) is 10.2. The van der Waals surface area contributed by atoms with Crippen molar-refractivity contribution >= 4 is 48.5 Å². The number of carbonyl (C=O) groups is 1. The van der Waals surface area contributed by atoms with Crippen LogP contribution in [0, 0.1) is 6.92 Å². The highest BCUT2D eigenvalue weighted by Gasteiger charge is 2.20. The van der Waals surface area contributed by atoms with Crippen LogP contribution in [0.1, 0.15) is 5.56 Å². The fraction of sp³-hybridized carbons (Fsp3) is 0.300. The summed E-state index contributed by atoms with van der Waals surface area (Å²) in [6, 6.07) is 13.6. The Labute approximate surface area is 171 Å². The molecule has 0 aliphatic heterocycles. The van der Waals surface area contributed by atoms with Crippen LogP contribution >= 0.6 is 27.3 Å². The number of halogens is 1. The molecule has 0 saturated carbocycles. The van der Waals surface area contributed by atoms with E-state index in [4.69, 9.17) is 4.74 Å². The van der Waals surface area contributed by atoms with Crippen molar-refractivity contribution in [1.82, 2.24) is 9.88 Å². The second-order valence-corrected chi connectivity index (χ2v) is 8.48. The largest absolute Gasteiger partial charge is 0.484 e. The summed E-state index contributed by atoms with van der Waals surface area (Å²) < 4.78 is 7.73. The third-order valence-corrected chi connectivity index (χ3v) is 5.56. The highest BCUT2D eigenvalue weighted by Crippen LogP contribution is 2.31. The van der Waals surface area contributed by atoms with Gasteiger partial charge in [-0.3, -0.25) is 9.69 Å². The van der Waals surface area contributed by atoms with Gasteiger partial charge in [-0.2, -0.15) is 0 Å². The lowest BCUT2D eigenvalue weighted by Crippen LogP contribution is -2.39. The van der Waals surface area contributed by atoms with Gasteiger partial charge in [0.2, 0.25) is 0 Å². The monoisotopic (exact) mass is 447 g/mol. The third-order valence-electron chi connectivity index (χ3n) is 4.03. The Morgan fingerprint density at radius 3 is 2.59 bits per heavy atom. The molecule has 0 atom stereocenters. The zero-order chi connectivity index (χ0) is 19.4. The first-order chi connectivity index (χ1) is 12.9. The number of carbonyl (C=O) groups excluding carboxylic acids is 1. The number of nitrogens with zero attached hydrogens (tertiary/aromatic N) is 3. The van der Waals surface area contributed by atoms with E-state index in [0.717, 1.165) is 26.8 Å².